The molecular formula is C14H19FN2O2. The Balaban J connectivity index is 2.04. The van der Waals surface area contributed by atoms with Crippen LogP contribution in [-0.2, 0) is 4.79 Å². The molecule has 0 spiro atoms. The van der Waals surface area contributed by atoms with Crippen LogP contribution in [0.2, 0.25) is 0 Å². The van der Waals surface area contributed by atoms with Crippen LogP contribution >= 0.6 is 0 Å². The number of amides is 1. The molecule has 2 rings (SSSR count). The smallest absolute Gasteiger partial charge is 0.237 e. The number of carbonyl (C=O) groups is 1. The molecule has 0 bridgehead atoms. The number of hydrogen-bond acceptors (Lipinski definition) is 3. The van der Waals surface area contributed by atoms with E-state index >= 15 is 0 Å². The number of hydrogen-bond donors (Lipinski definition) is 2. The highest BCUT2D eigenvalue weighted by molar-refractivity contribution is 5.82. The summed E-state index contributed by atoms with van der Waals surface area (Å²) in [5.41, 5.74) is 0.802. The van der Waals surface area contributed by atoms with Gasteiger partial charge in [-0.2, -0.15) is 0 Å². The van der Waals surface area contributed by atoms with E-state index in [2.05, 4.69) is 10.6 Å². The van der Waals surface area contributed by atoms with Gasteiger partial charge in [0.1, 0.15) is 0 Å². The van der Waals surface area contributed by atoms with E-state index in [9.17, 15) is 9.18 Å². The molecule has 1 aromatic carbocycles. The van der Waals surface area contributed by atoms with E-state index in [0.29, 0.717) is 0 Å². The number of ether oxygens (including phenoxy) is 1. The Morgan fingerprint density at radius 3 is 2.95 bits per heavy atom. The first-order chi connectivity index (χ1) is 9.11. The largest absolute Gasteiger partial charge is 0.494 e. The molecule has 0 aromatic heterocycles. The Morgan fingerprint density at radius 2 is 2.32 bits per heavy atom. The summed E-state index contributed by atoms with van der Waals surface area (Å²) in [5.74, 6) is -0.139. The maximum absolute atomic E-state index is 13.6. The Morgan fingerprint density at radius 1 is 1.53 bits per heavy atom. The lowest BCUT2D eigenvalue weighted by Gasteiger charge is -2.26. The predicted octanol–water partition coefficient (Wildman–Crippen LogP) is 1.76. The summed E-state index contributed by atoms with van der Waals surface area (Å²) in [5, 5.41) is 6.05. The van der Waals surface area contributed by atoms with Crippen molar-refractivity contribution in [3.63, 3.8) is 0 Å². The Labute approximate surface area is 112 Å². The molecule has 0 aliphatic carbocycles. The van der Waals surface area contributed by atoms with Gasteiger partial charge in [0, 0.05) is 12.6 Å². The average Bonchev–Trinajstić information content (AvgIpc) is 2.41. The molecule has 0 radical (unpaired) electrons. The molecule has 2 unspecified atom stereocenters. The summed E-state index contributed by atoms with van der Waals surface area (Å²) in [7, 11) is 1.44. The lowest BCUT2D eigenvalue weighted by atomic mass is 10.0. The van der Waals surface area contributed by atoms with Crippen molar-refractivity contribution in [2.75, 3.05) is 13.7 Å². The van der Waals surface area contributed by atoms with Gasteiger partial charge in [0.05, 0.1) is 13.2 Å². The summed E-state index contributed by atoms with van der Waals surface area (Å²) in [6.07, 6.45) is 1.78. The Bertz CT molecular complexity index is 465. The van der Waals surface area contributed by atoms with Crippen molar-refractivity contribution in [3.05, 3.63) is 29.6 Å². The zero-order valence-corrected chi connectivity index (χ0v) is 11.2. The SMILES string of the molecule is COc1ccc(C(C)NC2CCCNC2=O)cc1F. The molecule has 1 aliphatic rings. The van der Waals surface area contributed by atoms with Crippen LogP contribution in [0, 0.1) is 5.82 Å². The summed E-state index contributed by atoms with van der Waals surface area (Å²) < 4.78 is 18.5. The zero-order chi connectivity index (χ0) is 13.8. The highest BCUT2D eigenvalue weighted by atomic mass is 19.1. The van der Waals surface area contributed by atoms with Gasteiger partial charge in [-0.3, -0.25) is 10.1 Å². The monoisotopic (exact) mass is 266 g/mol. The van der Waals surface area contributed by atoms with E-state index < -0.39 is 0 Å². The van der Waals surface area contributed by atoms with Crippen LogP contribution in [0.5, 0.6) is 5.75 Å². The lowest BCUT2D eigenvalue weighted by molar-refractivity contribution is -0.124. The number of piperidine rings is 1. The fraction of sp³-hybridized carbons (Fsp3) is 0.500. The van der Waals surface area contributed by atoms with E-state index in [-0.39, 0.29) is 29.6 Å². The maximum Gasteiger partial charge on any atom is 0.237 e. The molecule has 5 heteroatoms. The van der Waals surface area contributed by atoms with Crippen LogP contribution in [0.4, 0.5) is 4.39 Å². The molecule has 1 fully saturated rings. The average molecular weight is 266 g/mol. The van der Waals surface area contributed by atoms with Gasteiger partial charge in [0.15, 0.2) is 11.6 Å². The van der Waals surface area contributed by atoms with Gasteiger partial charge in [-0.15, -0.1) is 0 Å². The van der Waals surface area contributed by atoms with Crippen molar-refractivity contribution in [2.45, 2.75) is 31.8 Å². The van der Waals surface area contributed by atoms with Crippen LogP contribution in [0.3, 0.4) is 0 Å². The number of benzene rings is 1. The van der Waals surface area contributed by atoms with Gasteiger partial charge in [0.25, 0.3) is 0 Å². The van der Waals surface area contributed by atoms with Gasteiger partial charge in [-0.05, 0) is 37.5 Å². The normalized spacial score (nSPS) is 20.8. The van der Waals surface area contributed by atoms with Crippen LogP contribution in [0.25, 0.3) is 0 Å². The second-order valence-corrected chi connectivity index (χ2v) is 4.77. The number of methoxy groups -OCH3 is 1. The lowest BCUT2D eigenvalue weighted by Crippen LogP contribution is -2.48. The first-order valence-corrected chi connectivity index (χ1v) is 6.49. The first-order valence-electron chi connectivity index (χ1n) is 6.49. The molecule has 4 nitrogen and oxygen atoms in total. The molecule has 1 aromatic rings. The van der Waals surface area contributed by atoms with E-state index in [0.717, 1.165) is 24.9 Å². The van der Waals surface area contributed by atoms with E-state index in [1.165, 1.54) is 13.2 Å². The molecule has 1 heterocycles. The second kappa shape index (κ2) is 6.02. The van der Waals surface area contributed by atoms with Crippen LogP contribution < -0.4 is 15.4 Å². The minimum absolute atomic E-state index is 0.0204. The van der Waals surface area contributed by atoms with Gasteiger partial charge in [0.2, 0.25) is 5.91 Å². The quantitative estimate of drug-likeness (QED) is 0.873. The van der Waals surface area contributed by atoms with E-state index in [1.807, 2.05) is 6.92 Å². The van der Waals surface area contributed by atoms with Crippen molar-refractivity contribution >= 4 is 5.91 Å². The summed E-state index contributed by atoms with van der Waals surface area (Å²) >= 11 is 0. The number of halogens is 1. The van der Waals surface area contributed by atoms with Crippen LogP contribution in [-0.4, -0.2) is 25.6 Å². The van der Waals surface area contributed by atoms with Crippen molar-refractivity contribution < 1.29 is 13.9 Å². The molecule has 1 amide bonds. The van der Waals surface area contributed by atoms with Crippen molar-refractivity contribution in [1.29, 1.82) is 0 Å². The fourth-order valence-electron chi connectivity index (χ4n) is 2.28. The summed E-state index contributed by atoms with van der Waals surface area (Å²) in [6, 6.07) is 4.56. The Hall–Kier alpha value is -1.62. The predicted molar refractivity (Wildman–Crippen MR) is 70.5 cm³/mol. The molecule has 104 valence electrons. The standard InChI is InChI=1S/C14H19FN2O2/c1-9(17-12-4-3-7-16-14(12)18)10-5-6-13(19-2)11(15)8-10/h5-6,8-9,12,17H,3-4,7H2,1-2H3,(H,16,18). The summed E-state index contributed by atoms with van der Waals surface area (Å²) in [4.78, 5) is 11.7. The van der Waals surface area contributed by atoms with Gasteiger partial charge in [-0.1, -0.05) is 6.07 Å². The molecule has 2 N–H and O–H groups in total. The highest BCUT2D eigenvalue weighted by Gasteiger charge is 2.23. The van der Waals surface area contributed by atoms with Crippen LogP contribution in [0.15, 0.2) is 18.2 Å². The van der Waals surface area contributed by atoms with Crippen molar-refractivity contribution in [2.24, 2.45) is 0 Å². The molecule has 1 aliphatic heterocycles. The molecule has 1 saturated heterocycles. The third kappa shape index (κ3) is 3.23. The molecule has 0 saturated carbocycles. The van der Waals surface area contributed by atoms with Crippen LogP contribution in [0.1, 0.15) is 31.4 Å². The first kappa shape index (κ1) is 13.8. The van der Waals surface area contributed by atoms with Crippen molar-refractivity contribution in [3.8, 4) is 5.75 Å². The molecular weight excluding hydrogens is 247 g/mol. The van der Waals surface area contributed by atoms with Crippen molar-refractivity contribution in [1.82, 2.24) is 10.6 Å². The van der Waals surface area contributed by atoms with E-state index in [1.54, 1.807) is 12.1 Å². The minimum Gasteiger partial charge on any atom is -0.494 e. The number of rotatable bonds is 4. The third-order valence-electron chi connectivity index (χ3n) is 3.41. The van der Waals surface area contributed by atoms with Gasteiger partial charge in [-0.25, -0.2) is 4.39 Å². The number of nitrogens with one attached hydrogen (secondary N) is 2. The third-order valence-corrected chi connectivity index (χ3v) is 3.41. The maximum atomic E-state index is 13.6. The Kier molecular flexibility index (Phi) is 4.37. The molecule has 2 atom stereocenters. The molecule has 19 heavy (non-hydrogen) atoms. The topological polar surface area (TPSA) is 50.4 Å². The minimum atomic E-state index is -0.387. The highest BCUT2D eigenvalue weighted by Crippen LogP contribution is 2.22. The fourth-order valence-corrected chi connectivity index (χ4v) is 2.28. The second-order valence-electron chi connectivity index (χ2n) is 4.77. The van der Waals surface area contributed by atoms with E-state index in [4.69, 9.17) is 4.74 Å². The zero-order valence-electron chi connectivity index (χ0n) is 11.2. The van der Waals surface area contributed by atoms with Gasteiger partial charge < -0.3 is 10.1 Å². The number of carbonyl (C=O) groups excluding carboxylic acids is 1. The summed E-state index contributed by atoms with van der Waals surface area (Å²) in [6.45, 7) is 2.66. The van der Waals surface area contributed by atoms with Gasteiger partial charge >= 0.3 is 0 Å².